The Hall–Kier alpha value is -2.20. The van der Waals surface area contributed by atoms with Gasteiger partial charge in [0.1, 0.15) is 5.75 Å². The molecule has 2 rings (SSSR count). The average molecular weight is 287 g/mol. The number of ether oxygens (including phenoxy) is 3. The predicted octanol–water partition coefficient (Wildman–Crippen LogP) is 3.00. The van der Waals surface area contributed by atoms with Crippen molar-refractivity contribution in [3.05, 3.63) is 53.6 Å². The number of hydrogen-bond donors (Lipinski definition) is 1. The fraction of sp³-hybridized carbons (Fsp3) is 0.294. The van der Waals surface area contributed by atoms with Crippen molar-refractivity contribution in [3.63, 3.8) is 0 Å². The molecule has 0 saturated carbocycles. The van der Waals surface area contributed by atoms with Gasteiger partial charge in [0, 0.05) is 24.7 Å². The lowest BCUT2D eigenvalue weighted by molar-refractivity contribution is 0.347. The molecule has 0 amide bonds. The number of hydrogen-bond acceptors (Lipinski definition) is 4. The van der Waals surface area contributed by atoms with Crippen molar-refractivity contribution in [2.45, 2.75) is 13.1 Å². The molecule has 0 aliphatic rings. The summed E-state index contributed by atoms with van der Waals surface area (Å²) in [6.07, 6.45) is 0. The van der Waals surface area contributed by atoms with Crippen molar-refractivity contribution >= 4 is 0 Å². The van der Waals surface area contributed by atoms with Gasteiger partial charge in [0.05, 0.1) is 21.3 Å². The van der Waals surface area contributed by atoms with E-state index in [0.717, 1.165) is 17.9 Å². The lowest BCUT2D eigenvalue weighted by Gasteiger charge is -2.14. The fourth-order valence-corrected chi connectivity index (χ4v) is 2.17. The maximum atomic E-state index is 5.41. The van der Waals surface area contributed by atoms with Gasteiger partial charge in [-0.05, 0) is 11.6 Å². The smallest absolute Gasteiger partial charge is 0.164 e. The van der Waals surface area contributed by atoms with E-state index in [1.165, 1.54) is 5.56 Å². The van der Waals surface area contributed by atoms with Crippen LogP contribution in [0.3, 0.4) is 0 Å². The monoisotopic (exact) mass is 287 g/mol. The molecule has 1 N–H and O–H groups in total. The average Bonchev–Trinajstić information content (AvgIpc) is 2.55. The summed E-state index contributed by atoms with van der Waals surface area (Å²) >= 11 is 0. The number of rotatable bonds is 7. The van der Waals surface area contributed by atoms with Crippen LogP contribution < -0.4 is 19.5 Å². The van der Waals surface area contributed by atoms with Crippen LogP contribution in [0, 0.1) is 0 Å². The summed E-state index contributed by atoms with van der Waals surface area (Å²) in [7, 11) is 4.90. The largest absolute Gasteiger partial charge is 0.496 e. The van der Waals surface area contributed by atoms with Crippen molar-refractivity contribution in [1.82, 2.24) is 5.32 Å². The van der Waals surface area contributed by atoms with E-state index in [1.807, 2.05) is 30.3 Å². The summed E-state index contributed by atoms with van der Waals surface area (Å²) in [6, 6.07) is 14.1. The van der Waals surface area contributed by atoms with E-state index in [-0.39, 0.29) is 0 Å². The minimum absolute atomic E-state index is 0.668. The van der Waals surface area contributed by atoms with Gasteiger partial charge in [0.25, 0.3) is 0 Å². The van der Waals surface area contributed by atoms with Gasteiger partial charge in [-0.3, -0.25) is 0 Å². The van der Waals surface area contributed by atoms with Gasteiger partial charge in [-0.25, -0.2) is 0 Å². The molecule has 0 atom stereocenters. The van der Waals surface area contributed by atoms with E-state index in [0.29, 0.717) is 18.0 Å². The van der Waals surface area contributed by atoms with Crippen LogP contribution in [0.4, 0.5) is 0 Å². The first-order valence-electron chi connectivity index (χ1n) is 6.82. The van der Waals surface area contributed by atoms with Gasteiger partial charge in [-0.2, -0.15) is 0 Å². The quantitative estimate of drug-likeness (QED) is 0.850. The molecule has 2 aromatic rings. The lowest BCUT2D eigenvalue weighted by Crippen LogP contribution is -2.13. The third kappa shape index (κ3) is 3.89. The molecule has 0 aliphatic carbocycles. The Morgan fingerprint density at radius 2 is 1.38 bits per heavy atom. The Morgan fingerprint density at radius 1 is 0.762 bits per heavy atom. The minimum atomic E-state index is 0.668. The molecule has 0 saturated heterocycles. The first kappa shape index (κ1) is 15.2. The maximum absolute atomic E-state index is 5.41. The van der Waals surface area contributed by atoms with Gasteiger partial charge in [-0.15, -0.1) is 0 Å². The molecule has 0 bridgehead atoms. The standard InChI is InChI=1S/C17H21NO3/c1-19-15-10-17(21-3)16(20-2)9-14(15)12-18-11-13-7-5-4-6-8-13/h4-10,18H,11-12H2,1-3H3. The fourth-order valence-electron chi connectivity index (χ4n) is 2.17. The second-order valence-corrected chi connectivity index (χ2v) is 4.61. The van der Waals surface area contributed by atoms with E-state index < -0.39 is 0 Å². The zero-order valence-electron chi connectivity index (χ0n) is 12.7. The molecule has 21 heavy (non-hydrogen) atoms. The first-order valence-corrected chi connectivity index (χ1v) is 6.82. The molecule has 112 valence electrons. The zero-order valence-corrected chi connectivity index (χ0v) is 12.7. The Bertz CT molecular complexity index is 570. The van der Waals surface area contributed by atoms with Crippen molar-refractivity contribution in [2.75, 3.05) is 21.3 Å². The SMILES string of the molecule is COc1cc(OC)c(OC)cc1CNCc1ccccc1. The summed E-state index contributed by atoms with van der Waals surface area (Å²) < 4.78 is 16.0. The molecule has 0 heterocycles. The van der Waals surface area contributed by atoms with Gasteiger partial charge < -0.3 is 19.5 Å². The molecule has 0 spiro atoms. The molecule has 0 unspecified atom stereocenters. The van der Waals surface area contributed by atoms with Crippen LogP contribution in [0.2, 0.25) is 0 Å². The van der Waals surface area contributed by atoms with Gasteiger partial charge in [0.2, 0.25) is 0 Å². The molecule has 0 aromatic heterocycles. The highest BCUT2D eigenvalue weighted by Crippen LogP contribution is 2.34. The van der Waals surface area contributed by atoms with Crippen LogP contribution in [0.1, 0.15) is 11.1 Å². The van der Waals surface area contributed by atoms with Gasteiger partial charge in [0.15, 0.2) is 11.5 Å². The highest BCUT2D eigenvalue weighted by molar-refractivity contribution is 5.50. The third-order valence-electron chi connectivity index (χ3n) is 3.27. The van der Waals surface area contributed by atoms with Gasteiger partial charge >= 0.3 is 0 Å². The third-order valence-corrected chi connectivity index (χ3v) is 3.27. The summed E-state index contributed by atoms with van der Waals surface area (Å²) in [5.74, 6) is 2.16. The Kier molecular flexibility index (Phi) is 5.46. The molecule has 2 aromatic carbocycles. The summed E-state index contributed by atoms with van der Waals surface area (Å²) in [5.41, 5.74) is 2.28. The van der Waals surface area contributed by atoms with Crippen molar-refractivity contribution in [1.29, 1.82) is 0 Å². The molecule has 4 nitrogen and oxygen atoms in total. The lowest BCUT2D eigenvalue weighted by atomic mass is 10.1. The number of nitrogens with one attached hydrogen (secondary N) is 1. The summed E-state index contributed by atoms with van der Waals surface area (Å²) in [4.78, 5) is 0. The van der Waals surface area contributed by atoms with Crippen molar-refractivity contribution in [3.8, 4) is 17.2 Å². The Morgan fingerprint density at radius 3 is 2.00 bits per heavy atom. The Balaban J connectivity index is 2.08. The molecule has 0 aliphatic heterocycles. The van der Waals surface area contributed by atoms with Crippen molar-refractivity contribution < 1.29 is 14.2 Å². The van der Waals surface area contributed by atoms with E-state index in [4.69, 9.17) is 14.2 Å². The topological polar surface area (TPSA) is 39.7 Å². The van der Waals surface area contributed by atoms with Crippen LogP contribution in [0.15, 0.2) is 42.5 Å². The van der Waals surface area contributed by atoms with E-state index in [9.17, 15) is 0 Å². The van der Waals surface area contributed by atoms with Crippen LogP contribution in [0.25, 0.3) is 0 Å². The van der Waals surface area contributed by atoms with Crippen LogP contribution >= 0.6 is 0 Å². The molecule has 4 heteroatoms. The summed E-state index contributed by atoms with van der Waals surface area (Å²) in [5, 5.41) is 3.41. The van der Waals surface area contributed by atoms with E-state index in [1.54, 1.807) is 21.3 Å². The van der Waals surface area contributed by atoms with Crippen LogP contribution in [0.5, 0.6) is 17.2 Å². The zero-order chi connectivity index (χ0) is 15.1. The van der Waals surface area contributed by atoms with Crippen LogP contribution in [-0.4, -0.2) is 21.3 Å². The first-order chi connectivity index (χ1) is 10.3. The Labute approximate surface area is 125 Å². The second kappa shape index (κ2) is 7.55. The van der Waals surface area contributed by atoms with Crippen LogP contribution in [-0.2, 0) is 13.1 Å². The highest BCUT2D eigenvalue weighted by Gasteiger charge is 2.11. The van der Waals surface area contributed by atoms with E-state index >= 15 is 0 Å². The molecule has 0 radical (unpaired) electrons. The number of benzene rings is 2. The maximum Gasteiger partial charge on any atom is 0.164 e. The molecular formula is C17H21NO3. The minimum Gasteiger partial charge on any atom is -0.496 e. The molecular weight excluding hydrogens is 266 g/mol. The second-order valence-electron chi connectivity index (χ2n) is 4.61. The van der Waals surface area contributed by atoms with E-state index in [2.05, 4.69) is 17.4 Å². The van der Waals surface area contributed by atoms with Gasteiger partial charge in [-0.1, -0.05) is 30.3 Å². The normalized spacial score (nSPS) is 10.2. The predicted molar refractivity (Wildman–Crippen MR) is 83.1 cm³/mol. The number of methoxy groups -OCH3 is 3. The van der Waals surface area contributed by atoms with Crippen molar-refractivity contribution in [2.24, 2.45) is 0 Å². The molecule has 0 fully saturated rings. The highest BCUT2D eigenvalue weighted by atomic mass is 16.5. The summed E-state index contributed by atoms with van der Waals surface area (Å²) in [6.45, 7) is 1.50.